The van der Waals surface area contributed by atoms with Crippen LogP contribution in [-0.2, 0) is 9.59 Å². The number of para-hydroxylation sites is 3. The minimum Gasteiger partial charge on any atom is -0.455 e. The van der Waals surface area contributed by atoms with E-state index in [4.69, 9.17) is 4.74 Å². The van der Waals surface area contributed by atoms with Gasteiger partial charge in [0.05, 0.1) is 11.7 Å². The molecule has 2 amide bonds. The summed E-state index contributed by atoms with van der Waals surface area (Å²) < 4.78 is 5.89. The Labute approximate surface area is 165 Å². The van der Waals surface area contributed by atoms with Crippen LogP contribution < -0.4 is 15.4 Å². The van der Waals surface area contributed by atoms with Crippen LogP contribution in [-0.4, -0.2) is 42.4 Å². The van der Waals surface area contributed by atoms with Crippen molar-refractivity contribution < 1.29 is 14.3 Å². The van der Waals surface area contributed by atoms with Crippen LogP contribution in [0.4, 0.5) is 5.69 Å². The fourth-order valence-electron chi connectivity index (χ4n) is 3.44. The number of hydrogen-bond acceptors (Lipinski definition) is 4. The van der Waals surface area contributed by atoms with Crippen LogP contribution in [0.25, 0.3) is 0 Å². The summed E-state index contributed by atoms with van der Waals surface area (Å²) >= 11 is 0. The Morgan fingerprint density at radius 1 is 1.18 bits per heavy atom. The van der Waals surface area contributed by atoms with Crippen molar-refractivity contribution in [3.63, 3.8) is 0 Å². The Balaban J connectivity index is 1.60. The summed E-state index contributed by atoms with van der Waals surface area (Å²) in [5.74, 6) is 1.45. The van der Waals surface area contributed by atoms with Crippen LogP contribution in [0.3, 0.4) is 0 Å². The van der Waals surface area contributed by atoms with E-state index in [9.17, 15) is 9.59 Å². The highest BCUT2D eigenvalue weighted by molar-refractivity contribution is 5.92. The van der Waals surface area contributed by atoms with Crippen LogP contribution in [0.2, 0.25) is 0 Å². The van der Waals surface area contributed by atoms with E-state index in [1.165, 1.54) is 0 Å². The van der Waals surface area contributed by atoms with Gasteiger partial charge in [-0.15, -0.1) is 0 Å². The van der Waals surface area contributed by atoms with Gasteiger partial charge in [-0.25, -0.2) is 0 Å². The van der Waals surface area contributed by atoms with Gasteiger partial charge in [0.15, 0.2) is 5.75 Å². The number of ether oxygens (including phenoxy) is 1. The monoisotopic (exact) mass is 381 g/mol. The van der Waals surface area contributed by atoms with Crippen LogP contribution in [0.15, 0.2) is 54.6 Å². The molecule has 6 heteroatoms. The number of hydrogen-bond donors (Lipinski definition) is 2. The fraction of sp³-hybridized carbons (Fsp3) is 0.364. The highest BCUT2D eigenvalue weighted by Gasteiger charge is 2.32. The number of carbonyl (C=O) groups excluding carboxylic acids is 2. The number of benzene rings is 2. The van der Waals surface area contributed by atoms with Gasteiger partial charge in [-0.05, 0) is 30.2 Å². The molecule has 2 aromatic rings. The van der Waals surface area contributed by atoms with E-state index in [1.807, 2.05) is 68.4 Å². The van der Waals surface area contributed by atoms with Crippen molar-refractivity contribution >= 4 is 17.5 Å². The Hall–Kier alpha value is -2.86. The Kier molecular flexibility index (Phi) is 6.66. The van der Waals surface area contributed by atoms with Gasteiger partial charge < -0.3 is 15.4 Å². The van der Waals surface area contributed by atoms with E-state index in [1.54, 1.807) is 0 Å². The van der Waals surface area contributed by atoms with E-state index in [2.05, 4.69) is 15.5 Å². The van der Waals surface area contributed by atoms with E-state index >= 15 is 0 Å². The SMILES string of the molecule is CC(C)C1C(=O)NCCN1CCC(=O)Nc1ccccc1Oc1ccccc1. The molecule has 0 bridgehead atoms. The second-order valence-electron chi connectivity index (χ2n) is 7.23. The first-order valence-corrected chi connectivity index (χ1v) is 9.68. The molecule has 1 aliphatic heterocycles. The first-order valence-electron chi connectivity index (χ1n) is 9.68. The van der Waals surface area contributed by atoms with Crippen molar-refractivity contribution in [2.45, 2.75) is 26.3 Å². The molecule has 28 heavy (non-hydrogen) atoms. The maximum absolute atomic E-state index is 12.5. The standard InChI is InChI=1S/C22H27N3O3/c1-16(2)21-22(27)23-13-15-25(21)14-12-20(26)24-18-10-6-7-11-19(18)28-17-8-4-3-5-9-17/h3-11,16,21H,12-15H2,1-2H3,(H,23,27)(H,24,26). The fourth-order valence-corrected chi connectivity index (χ4v) is 3.44. The number of anilines is 1. The maximum atomic E-state index is 12.5. The third-order valence-corrected chi connectivity index (χ3v) is 4.75. The first-order chi connectivity index (χ1) is 13.5. The molecular formula is C22H27N3O3. The third-order valence-electron chi connectivity index (χ3n) is 4.75. The average molecular weight is 381 g/mol. The normalized spacial score (nSPS) is 17.2. The highest BCUT2D eigenvalue weighted by Crippen LogP contribution is 2.29. The predicted octanol–water partition coefficient (Wildman–Crippen LogP) is 3.26. The molecule has 0 aliphatic carbocycles. The lowest BCUT2D eigenvalue weighted by Gasteiger charge is -2.37. The van der Waals surface area contributed by atoms with Gasteiger partial charge in [-0.2, -0.15) is 0 Å². The lowest BCUT2D eigenvalue weighted by atomic mass is 9.99. The third kappa shape index (κ3) is 5.10. The van der Waals surface area contributed by atoms with Crippen molar-refractivity contribution in [1.82, 2.24) is 10.2 Å². The van der Waals surface area contributed by atoms with Gasteiger partial charge in [0.25, 0.3) is 0 Å². The number of amides is 2. The number of carbonyl (C=O) groups is 2. The molecule has 1 atom stereocenters. The number of nitrogens with one attached hydrogen (secondary N) is 2. The van der Waals surface area contributed by atoms with Crippen molar-refractivity contribution in [2.75, 3.05) is 25.0 Å². The van der Waals surface area contributed by atoms with Crippen molar-refractivity contribution in [2.24, 2.45) is 5.92 Å². The van der Waals surface area contributed by atoms with Crippen molar-refractivity contribution in [1.29, 1.82) is 0 Å². The number of piperazine rings is 1. The van der Waals surface area contributed by atoms with Crippen LogP contribution in [0, 0.1) is 5.92 Å². The van der Waals surface area contributed by atoms with Gasteiger partial charge in [0, 0.05) is 26.1 Å². The topological polar surface area (TPSA) is 70.7 Å². The molecule has 1 unspecified atom stereocenters. The van der Waals surface area contributed by atoms with Crippen molar-refractivity contribution in [3.05, 3.63) is 54.6 Å². The molecule has 1 heterocycles. The Bertz CT molecular complexity index is 808. The zero-order valence-corrected chi connectivity index (χ0v) is 16.4. The molecule has 1 fully saturated rings. The summed E-state index contributed by atoms with van der Waals surface area (Å²) in [4.78, 5) is 26.7. The van der Waals surface area contributed by atoms with E-state index < -0.39 is 0 Å². The van der Waals surface area contributed by atoms with E-state index in [0.29, 0.717) is 36.7 Å². The van der Waals surface area contributed by atoms with Crippen molar-refractivity contribution in [3.8, 4) is 11.5 Å². The van der Waals surface area contributed by atoms with Gasteiger partial charge in [0.2, 0.25) is 11.8 Å². The molecule has 2 N–H and O–H groups in total. The van der Waals surface area contributed by atoms with Crippen LogP contribution in [0.1, 0.15) is 20.3 Å². The predicted molar refractivity (Wildman–Crippen MR) is 109 cm³/mol. The van der Waals surface area contributed by atoms with Crippen LogP contribution in [0.5, 0.6) is 11.5 Å². The summed E-state index contributed by atoms with van der Waals surface area (Å²) in [5, 5.41) is 5.84. The first kappa shape index (κ1) is 19.9. The summed E-state index contributed by atoms with van der Waals surface area (Å²) in [6.45, 7) is 5.98. The molecule has 0 aromatic heterocycles. The molecule has 0 saturated carbocycles. The average Bonchev–Trinajstić information content (AvgIpc) is 2.68. The molecule has 0 radical (unpaired) electrons. The van der Waals surface area contributed by atoms with Crippen LogP contribution >= 0.6 is 0 Å². The summed E-state index contributed by atoms with van der Waals surface area (Å²) in [5.41, 5.74) is 0.633. The summed E-state index contributed by atoms with van der Waals surface area (Å²) in [6, 6.07) is 16.6. The van der Waals surface area contributed by atoms with Gasteiger partial charge in [0.1, 0.15) is 5.75 Å². The Morgan fingerprint density at radius 3 is 2.64 bits per heavy atom. The highest BCUT2D eigenvalue weighted by atomic mass is 16.5. The maximum Gasteiger partial charge on any atom is 0.237 e. The summed E-state index contributed by atoms with van der Waals surface area (Å²) in [6.07, 6.45) is 0.316. The van der Waals surface area contributed by atoms with Gasteiger partial charge >= 0.3 is 0 Å². The van der Waals surface area contributed by atoms with Gasteiger partial charge in [-0.1, -0.05) is 44.2 Å². The molecule has 3 rings (SSSR count). The molecule has 148 valence electrons. The second-order valence-corrected chi connectivity index (χ2v) is 7.23. The lowest BCUT2D eigenvalue weighted by molar-refractivity contribution is -0.131. The van der Waals surface area contributed by atoms with Gasteiger partial charge in [-0.3, -0.25) is 14.5 Å². The zero-order chi connectivity index (χ0) is 19.9. The largest absolute Gasteiger partial charge is 0.455 e. The molecule has 2 aromatic carbocycles. The Morgan fingerprint density at radius 2 is 1.89 bits per heavy atom. The number of rotatable bonds is 7. The summed E-state index contributed by atoms with van der Waals surface area (Å²) in [7, 11) is 0. The molecule has 6 nitrogen and oxygen atoms in total. The van der Waals surface area contributed by atoms with E-state index in [0.717, 1.165) is 6.54 Å². The smallest absolute Gasteiger partial charge is 0.237 e. The molecular weight excluding hydrogens is 354 g/mol. The van der Waals surface area contributed by atoms with E-state index in [-0.39, 0.29) is 23.8 Å². The molecule has 1 saturated heterocycles. The quantitative estimate of drug-likeness (QED) is 0.772. The molecule has 1 aliphatic rings. The minimum atomic E-state index is -0.185. The minimum absolute atomic E-state index is 0.0447. The molecule has 0 spiro atoms. The zero-order valence-electron chi connectivity index (χ0n) is 16.4. The number of nitrogens with zero attached hydrogens (tertiary/aromatic N) is 1. The second kappa shape index (κ2) is 9.37. The lowest BCUT2D eigenvalue weighted by Crippen LogP contribution is -2.57.